The molecule has 0 amide bonds. The molecule has 0 aliphatic carbocycles. The molecule has 2 aromatic heterocycles. The highest BCUT2D eigenvalue weighted by Crippen LogP contribution is 2.54. The first kappa shape index (κ1) is 31.6. The summed E-state index contributed by atoms with van der Waals surface area (Å²) in [4.78, 5) is 4.52. The zero-order valence-corrected chi connectivity index (χ0v) is 30.4. The Labute approximate surface area is 316 Å². The molecule has 0 saturated carbocycles. The minimum atomic E-state index is 0.545. The summed E-state index contributed by atoms with van der Waals surface area (Å²) in [6, 6.07) is 63.0. The predicted molar refractivity (Wildman–Crippen MR) is 225 cm³/mol. The molecule has 9 aromatic rings. The lowest BCUT2D eigenvalue weighted by Gasteiger charge is -2.26. The van der Waals surface area contributed by atoms with Crippen LogP contribution in [0, 0.1) is 0 Å². The highest BCUT2D eigenvalue weighted by molar-refractivity contribution is 7.26. The summed E-state index contributed by atoms with van der Waals surface area (Å²) in [7, 11) is 0. The SMILES string of the molecule is c1ccc(-c2ccc(N(c3ccc(-c4sc(-c5ccccc5)c5c4OCCO5)cc3)c3ccc(-c4cccc5c4sc4ccccc45)cc3)cc2)cc1. The molecule has 0 fully saturated rings. The van der Waals surface area contributed by atoms with Crippen molar-refractivity contribution in [2.75, 3.05) is 18.1 Å². The maximum absolute atomic E-state index is 6.24. The van der Waals surface area contributed by atoms with Crippen LogP contribution in [0.15, 0.2) is 176 Å². The van der Waals surface area contributed by atoms with E-state index in [2.05, 4.69) is 175 Å². The van der Waals surface area contributed by atoms with Gasteiger partial charge in [0.1, 0.15) is 13.2 Å². The van der Waals surface area contributed by atoms with Crippen molar-refractivity contribution in [2.45, 2.75) is 0 Å². The molecule has 3 heterocycles. The maximum Gasteiger partial charge on any atom is 0.180 e. The fraction of sp³-hybridized carbons (Fsp3) is 0.0417. The summed E-state index contributed by atoms with van der Waals surface area (Å²) in [6.07, 6.45) is 0. The molecule has 0 N–H and O–H groups in total. The molecule has 0 unspecified atom stereocenters. The lowest BCUT2D eigenvalue weighted by atomic mass is 10.0. The van der Waals surface area contributed by atoms with Gasteiger partial charge in [0.2, 0.25) is 0 Å². The molecular formula is C48H33NO2S2. The first-order chi connectivity index (χ1) is 26.3. The van der Waals surface area contributed by atoms with Gasteiger partial charge in [-0.25, -0.2) is 0 Å². The molecule has 0 radical (unpaired) electrons. The van der Waals surface area contributed by atoms with Crippen molar-refractivity contribution in [2.24, 2.45) is 0 Å². The molecule has 254 valence electrons. The van der Waals surface area contributed by atoms with Crippen LogP contribution >= 0.6 is 22.7 Å². The lowest BCUT2D eigenvalue weighted by molar-refractivity contribution is 0.175. The molecule has 0 saturated heterocycles. The molecule has 7 aromatic carbocycles. The molecule has 5 heteroatoms. The Hall–Kier alpha value is -6.14. The zero-order valence-electron chi connectivity index (χ0n) is 28.7. The Morgan fingerprint density at radius 1 is 0.377 bits per heavy atom. The molecule has 53 heavy (non-hydrogen) atoms. The van der Waals surface area contributed by atoms with Crippen molar-refractivity contribution >= 4 is 59.9 Å². The molecule has 3 nitrogen and oxygen atoms in total. The molecule has 1 aliphatic heterocycles. The summed E-state index contributed by atoms with van der Waals surface area (Å²) in [5, 5.41) is 2.63. The standard InChI is InChI=1S/C48H33NO2S2/c1-3-10-32(11-4-1)33-18-24-37(25-19-33)49(38-26-20-34(21-27-38)40-15-9-16-42-41-14-7-8-17-43(41)52-48(40)42)39-28-22-36(23-29-39)47-45-44(50-30-31-51-45)46(53-47)35-12-5-2-6-13-35/h1-29H,30-31H2. The third-order valence-electron chi connectivity index (χ3n) is 9.90. The van der Waals surface area contributed by atoms with Crippen LogP contribution in [-0.2, 0) is 0 Å². The van der Waals surface area contributed by atoms with E-state index in [1.165, 1.54) is 42.4 Å². The third-order valence-corrected chi connectivity index (χ3v) is 12.4. The van der Waals surface area contributed by atoms with Crippen LogP contribution in [0.1, 0.15) is 0 Å². The van der Waals surface area contributed by atoms with Gasteiger partial charge in [0.15, 0.2) is 11.5 Å². The van der Waals surface area contributed by atoms with Crippen molar-refractivity contribution in [3.63, 3.8) is 0 Å². The van der Waals surface area contributed by atoms with Crippen molar-refractivity contribution < 1.29 is 9.47 Å². The highest BCUT2D eigenvalue weighted by Gasteiger charge is 2.26. The van der Waals surface area contributed by atoms with Crippen LogP contribution in [-0.4, -0.2) is 13.2 Å². The molecule has 1 aliphatic rings. The fourth-order valence-corrected chi connectivity index (χ4v) is 9.77. The smallest absolute Gasteiger partial charge is 0.180 e. The summed E-state index contributed by atoms with van der Waals surface area (Å²) >= 11 is 3.60. The van der Waals surface area contributed by atoms with Gasteiger partial charge >= 0.3 is 0 Å². The van der Waals surface area contributed by atoms with Gasteiger partial charge in [-0.2, -0.15) is 0 Å². The van der Waals surface area contributed by atoms with E-state index < -0.39 is 0 Å². The van der Waals surface area contributed by atoms with Crippen LogP contribution in [0.5, 0.6) is 11.5 Å². The molecular weight excluding hydrogens is 687 g/mol. The second-order valence-corrected chi connectivity index (χ2v) is 15.2. The van der Waals surface area contributed by atoms with Gasteiger partial charge in [-0.3, -0.25) is 0 Å². The minimum absolute atomic E-state index is 0.545. The summed E-state index contributed by atoms with van der Waals surface area (Å²) < 4.78 is 15.1. The van der Waals surface area contributed by atoms with Gasteiger partial charge in [-0.15, -0.1) is 22.7 Å². The topological polar surface area (TPSA) is 21.7 Å². The Morgan fingerprint density at radius 3 is 1.47 bits per heavy atom. The molecule has 10 rings (SSSR count). The third kappa shape index (κ3) is 5.75. The molecule has 0 spiro atoms. The number of anilines is 3. The lowest BCUT2D eigenvalue weighted by Crippen LogP contribution is -2.14. The number of thiophene rings is 2. The van der Waals surface area contributed by atoms with E-state index in [0.717, 1.165) is 49.4 Å². The van der Waals surface area contributed by atoms with E-state index in [1.54, 1.807) is 11.3 Å². The second-order valence-electron chi connectivity index (χ2n) is 13.1. The van der Waals surface area contributed by atoms with Crippen molar-refractivity contribution in [1.29, 1.82) is 0 Å². The maximum atomic E-state index is 6.24. The first-order valence-electron chi connectivity index (χ1n) is 17.8. The van der Waals surface area contributed by atoms with Crippen molar-refractivity contribution in [1.82, 2.24) is 0 Å². The van der Waals surface area contributed by atoms with Crippen LogP contribution in [0.4, 0.5) is 17.1 Å². The highest BCUT2D eigenvalue weighted by atomic mass is 32.1. The second kappa shape index (κ2) is 13.4. The fourth-order valence-electron chi connectivity index (χ4n) is 7.33. The largest absolute Gasteiger partial charge is 0.485 e. The van der Waals surface area contributed by atoms with Gasteiger partial charge in [0.05, 0.1) is 9.75 Å². The van der Waals surface area contributed by atoms with Crippen LogP contribution < -0.4 is 14.4 Å². The summed E-state index contributed by atoms with van der Waals surface area (Å²) in [5.74, 6) is 1.68. The zero-order chi connectivity index (χ0) is 35.1. The van der Waals surface area contributed by atoms with E-state index in [4.69, 9.17) is 9.47 Å². The quantitative estimate of drug-likeness (QED) is 0.164. The number of nitrogens with zero attached hydrogens (tertiary/aromatic N) is 1. The predicted octanol–water partition coefficient (Wildman–Crippen LogP) is 14.0. The van der Waals surface area contributed by atoms with Crippen molar-refractivity contribution in [3.05, 3.63) is 176 Å². The van der Waals surface area contributed by atoms with Crippen LogP contribution in [0.2, 0.25) is 0 Å². The Bertz CT molecular complexity index is 2700. The Balaban J connectivity index is 1.04. The van der Waals surface area contributed by atoms with Gasteiger partial charge in [0, 0.05) is 37.2 Å². The van der Waals surface area contributed by atoms with Crippen molar-refractivity contribution in [3.8, 4) is 54.6 Å². The Kier molecular flexibility index (Phi) is 8.01. The van der Waals surface area contributed by atoms with Gasteiger partial charge in [-0.05, 0) is 75.8 Å². The van der Waals surface area contributed by atoms with E-state index in [9.17, 15) is 0 Å². The average molecular weight is 720 g/mol. The number of rotatable bonds is 7. The normalized spacial score (nSPS) is 12.3. The van der Waals surface area contributed by atoms with Crippen LogP contribution in [0.25, 0.3) is 63.3 Å². The first-order valence-corrected chi connectivity index (χ1v) is 19.5. The van der Waals surface area contributed by atoms with Gasteiger partial charge in [0.25, 0.3) is 0 Å². The minimum Gasteiger partial charge on any atom is -0.485 e. The summed E-state index contributed by atoms with van der Waals surface area (Å²) in [6.45, 7) is 1.10. The van der Waals surface area contributed by atoms with E-state index in [0.29, 0.717) is 13.2 Å². The average Bonchev–Trinajstić information content (AvgIpc) is 3.82. The van der Waals surface area contributed by atoms with E-state index in [-0.39, 0.29) is 0 Å². The number of hydrogen-bond donors (Lipinski definition) is 0. The van der Waals surface area contributed by atoms with E-state index in [1.807, 2.05) is 17.4 Å². The van der Waals surface area contributed by atoms with Crippen LogP contribution in [0.3, 0.4) is 0 Å². The number of hydrogen-bond acceptors (Lipinski definition) is 5. The summed E-state index contributed by atoms with van der Waals surface area (Å²) in [5.41, 5.74) is 10.4. The number of fused-ring (bicyclic) bond motifs is 4. The molecule has 0 atom stereocenters. The number of benzene rings is 7. The van der Waals surface area contributed by atoms with E-state index >= 15 is 0 Å². The molecule has 0 bridgehead atoms. The van der Waals surface area contributed by atoms with Gasteiger partial charge < -0.3 is 14.4 Å². The monoisotopic (exact) mass is 719 g/mol. The van der Waals surface area contributed by atoms with Gasteiger partial charge in [-0.1, -0.05) is 133 Å². The Morgan fingerprint density at radius 2 is 0.849 bits per heavy atom. The number of ether oxygens (including phenoxy) is 2.